The summed E-state index contributed by atoms with van der Waals surface area (Å²) in [6.07, 6.45) is 6.05. The van der Waals surface area contributed by atoms with Crippen LogP contribution in [0.2, 0.25) is 5.02 Å². The van der Waals surface area contributed by atoms with Gasteiger partial charge in [0.1, 0.15) is 10.8 Å². The number of aromatic nitrogens is 6. The summed E-state index contributed by atoms with van der Waals surface area (Å²) in [7, 11) is 0. The first-order valence-electron chi connectivity index (χ1n) is 11.2. The van der Waals surface area contributed by atoms with Gasteiger partial charge >= 0.3 is 0 Å². The molecule has 0 spiro atoms. The minimum absolute atomic E-state index is 0.121. The number of hydrogen-bond donors (Lipinski definition) is 2. The lowest BCUT2D eigenvalue weighted by Crippen LogP contribution is -2.55. The van der Waals surface area contributed by atoms with Crippen LogP contribution >= 0.6 is 11.6 Å². The van der Waals surface area contributed by atoms with Crippen LogP contribution < -0.4 is 10.6 Å². The molecule has 0 bridgehead atoms. The molecule has 3 aromatic rings. The van der Waals surface area contributed by atoms with Crippen molar-refractivity contribution in [3.05, 3.63) is 41.1 Å². The molecule has 2 atom stereocenters. The van der Waals surface area contributed by atoms with Crippen molar-refractivity contribution in [3.8, 4) is 5.69 Å². The van der Waals surface area contributed by atoms with Crippen LogP contribution in [-0.4, -0.2) is 59.2 Å². The molecular formula is C22H27ClFN9. The van der Waals surface area contributed by atoms with Gasteiger partial charge < -0.3 is 10.6 Å². The van der Waals surface area contributed by atoms with Gasteiger partial charge in [0.15, 0.2) is 11.6 Å². The number of nitrogens with zero attached hydrogens (tertiary/aromatic N) is 7. The van der Waals surface area contributed by atoms with Crippen LogP contribution in [0.15, 0.2) is 24.4 Å². The van der Waals surface area contributed by atoms with Gasteiger partial charge in [-0.15, -0.1) is 5.10 Å². The maximum atomic E-state index is 14.5. The fraction of sp³-hybridized carbons (Fsp3) is 0.500. The van der Waals surface area contributed by atoms with Crippen molar-refractivity contribution in [2.75, 3.05) is 17.2 Å². The molecule has 2 saturated heterocycles. The van der Waals surface area contributed by atoms with E-state index < -0.39 is 5.82 Å². The first kappa shape index (κ1) is 22.0. The van der Waals surface area contributed by atoms with Crippen molar-refractivity contribution in [1.82, 2.24) is 35.1 Å². The Bertz CT molecular complexity index is 1160. The molecule has 9 nitrogen and oxygen atoms in total. The zero-order valence-corrected chi connectivity index (χ0v) is 19.6. The number of rotatable bonds is 5. The quantitative estimate of drug-likeness (QED) is 0.573. The Kier molecular flexibility index (Phi) is 5.65. The Hall–Kier alpha value is -2.85. The number of piperidine rings is 1. The third-order valence-corrected chi connectivity index (χ3v) is 6.89. The molecular weight excluding hydrogens is 445 g/mol. The average molecular weight is 472 g/mol. The van der Waals surface area contributed by atoms with Crippen molar-refractivity contribution in [2.45, 2.75) is 64.1 Å². The molecule has 33 heavy (non-hydrogen) atoms. The van der Waals surface area contributed by atoms with Crippen LogP contribution in [0.5, 0.6) is 0 Å². The van der Waals surface area contributed by atoms with E-state index in [1.165, 1.54) is 36.3 Å². The number of nitrogens with one attached hydrogen (secondary N) is 2. The molecule has 4 heterocycles. The van der Waals surface area contributed by atoms with Crippen LogP contribution in [0.3, 0.4) is 0 Å². The van der Waals surface area contributed by atoms with Crippen LogP contribution in [-0.2, 0) is 0 Å². The summed E-state index contributed by atoms with van der Waals surface area (Å²) in [5, 5.41) is 18.4. The maximum absolute atomic E-state index is 14.5. The van der Waals surface area contributed by atoms with Gasteiger partial charge in [0.25, 0.3) is 0 Å². The lowest BCUT2D eigenvalue weighted by Gasteiger charge is -2.47. The predicted octanol–water partition coefficient (Wildman–Crippen LogP) is 4.11. The summed E-state index contributed by atoms with van der Waals surface area (Å²) in [5.74, 6) is 0.962. The topological polar surface area (TPSA) is 96.7 Å². The van der Waals surface area contributed by atoms with Gasteiger partial charge in [0, 0.05) is 17.6 Å². The van der Waals surface area contributed by atoms with Gasteiger partial charge in [-0.2, -0.15) is 9.67 Å². The molecule has 2 aromatic heterocycles. The van der Waals surface area contributed by atoms with Crippen molar-refractivity contribution in [2.24, 2.45) is 0 Å². The minimum Gasteiger partial charge on any atom is -0.366 e. The number of aryl methyl sites for hydroxylation is 1. The molecule has 174 valence electrons. The highest BCUT2D eigenvalue weighted by molar-refractivity contribution is 6.32. The van der Waals surface area contributed by atoms with Crippen molar-refractivity contribution in [3.63, 3.8) is 0 Å². The average Bonchev–Trinajstić information content (AvgIpc) is 3.41. The minimum atomic E-state index is -0.437. The number of benzene rings is 1. The van der Waals surface area contributed by atoms with Gasteiger partial charge in [0.05, 0.1) is 17.6 Å². The monoisotopic (exact) mass is 471 g/mol. The molecule has 0 unspecified atom stereocenters. The molecule has 2 aliphatic rings. The van der Waals surface area contributed by atoms with Gasteiger partial charge in [-0.3, -0.25) is 4.90 Å². The SMILES string of the molecule is Cc1nnnn1-c1ccc(F)c(Nc2ncc(Cl)c(N[C@@H]3C[C@@H]4CCCN4C(C)(C)C3)n2)c1. The van der Waals surface area contributed by atoms with Crippen LogP contribution in [0.25, 0.3) is 5.69 Å². The van der Waals surface area contributed by atoms with Gasteiger partial charge in [-0.25, -0.2) is 9.37 Å². The summed E-state index contributed by atoms with van der Waals surface area (Å²) in [4.78, 5) is 11.4. The lowest BCUT2D eigenvalue weighted by atomic mass is 9.84. The molecule has 0 amide bonds. The number of tetrazole rings is 1. The van der Waals surface area contributed by atoms with Gasteiger partial charge in [-0.05, 0) is 81.6 Å². The third kappa shape index (κ3) is 4.37. The summed E-state index contributed by atoms with van der Waals surface area (Å²) >= 11 is 6.42. The lowest BCUT2D eigenvalue weighted by molar-refractivity contribution is 0.0501. The van der Waals surface area contributed by atoms with E-state index in [-0.39, 0.29) is 23.2 Å². The third-order valence-electron chi connectivity index (χ3n) is 6.61. The van der Waals surface area contributed by atoms with Crippen LogP contribution in [0, 0.1) is 12.7 Å². The Morgan fingerprint density at radius 1 is 1.27 bits per heavy atom. The van der Waals surface area contributed by atoms with E-state index in [0.29, 0.717) is 28.4 Å². The number of hydrogen-bond acceptors (Lipinski definition) is 8. The van der Waals surface area contributed by atoms with Gasteiger partial charge in [-0.1, -0.05) is 11.6 Å². The molecule has 1 aromatic carbocycles. The standard InChI is InChI=1S/C22H27ClFN9/c1-13-29-30-31-33(13)16-6-7-18(24)19(10-16)27-21-25-12-17(23)20(28-21)26-14-9-15-5-4-8-32(15)22(2,3)11-14/h6-7,10,12,14-15H,4-5,8-9,11H2,1-3H3,(H2,25,26,27,28)/t14-,15+/m1/s1. The van der Waals surface area contributed by atoms with E-state index in [0.717, 1.165) is 12.8 Å². The number of halogens is 2. The second-order valence-electron chi connectivity index (χ2n) is 9.40. The van der Waals surface area contributed by atoms with Gasteiger partial charge in [0.2, 0.25) is 5.95 Å². The number of fused-ring (bicyclic) bond motifs is 1. The zero-order valence-electron chi connectivity index (χ0n) is 18.9. The van der Waals surface area contributed by atoms with Crippen LogP contribution in [0.4, 0.5) is 21.8 Å². The molecule has 2 fully saturated rings. The Labute approximate surface area is 196 Å². The number of anilines is 3. The van der Waals surface area contributed by atoms with E-state index in [4.69, 9.17) is 11.6 Å². The summed E-state index contributed by atoms with van der Waals surface area (Å²) in [6, 6.07) is 5.41. The fourth-order valence-electron chi connectivity index (χ4n) is 5.17. The van der Waals surface area contributed by atoms with E-state index >= 15 is 0 Å². The first-order chi connectivity index (χ1) is 15.8. The van der Waals surface area contributed by atoms with Crippen molar-refractivity contribution in [1.29, 1.82) is 0 Å². The largest absolute Gasteiger partial charge is 0.366 e. The second-order valence-corrected chi connectivity index (χ2v) is 9.81. The van der Waals surface area contributed by atoms with E-state index in [2.05, 4.69) is 54.9 Å². The summed E-state index contributed by atoms with van der Waals surface area (Å²) in [6.45, 7) is 7.54. The fourth-order valence-corrected chi connectivity index (χ4v) is 5.32. The molecule has 0 aliphatic carbocycles. The highest BCUT2D eigenvalue weighted by Gasteiger charge is 2.43. The summed E-state index contributed by atoms with van der Waals surface area (Å²) in [5.41, 5.74) is 0.964. The highest BCUT2D eigenvalue weighted by Crippen LogP contribution is 2.39. The molecule has 2 aliphatic heterocycles. The predicted molar refractivity (Wildman–Crippen MR) is 125 cm³/mol. The van der Waals surface area contributed by atoms with Crippen molar-refractivity contribution < 1.29 is 4.39 Å². The Balaban J connectivity index is 1.36. The molecule has 5 rings (SSSR count). The normalized spacial score (nSPS) is 22.2. The molecule has 0 saturated carbocycles. The zero-order chi connectivity index (χ0) is 23.2. The van der Waals surface area contributed by atoms with E-state index in [1.54, 1.807) is 19.1 Å². The maximum Gasteiger partial charge on any atom is 0.229 e. The smallest absolute Gasteiger partial charge is 0.229 e. The molecule has 2 N–H and O–H groups in total. The van der Waals surface area contributed by atoms with Crippen molar-refractivity contribution >= 4 is 29.1 Å². The Morgan fingerprint density at radius 2 is 2.12 bits per heavy atom. The Morgan fingerprint density at radius 3 is 2.91 bits per heavy atom. The van der Waals surface area contributed by atoms with Crippen LogP contribution in [0.1, 0.15) is 45.4 Å². The molecule has 0 radical (unpaired) electrons. The molecule has 11 heteroatoms. The van der Waals surface area contributed by atoms with E-state index in [9.17, 15) is 4.39 Å². The first-order valence-corrected chi connectivity index (χ1v) is 11.6. The highest BCUT2D eigenvalue weighted by atomic mass is 35.5. The summed E-state index contributed by atoms with van der Waals surface area (Å²) < 4.78 is 16.1. The van der Waals surface area contributed by atoms with E-state index in [1.807, 2.05) is 0 Å². The second kappa shape index (κ2) is 8.49.